The van der Waals surface area contributed by atoms with E-state index in [2.05, 4.69) is 15.6 Å². The van der Waals surface area contributed by atoms with Crippen molar-refractivity contribution in [1.82, 2.24) is 25.6 Å². The fraction of sp³-hybridized carbons (Fsp3) is 0.429. The second-order valence-electron chi connectivity index (χ2n) is 2.76. The standard InChI is InChI=1S/C7H12N6O2/c8-7(15)11-6(14)5-9-1-3-13-4-2-10-12-13/h2,4,9H,1,3,5H2,(H3,8,11,14,15). The number of hydrogen-bond donors (Lipinski definition) is 3. The van der Waals surface area contributed by atoms with E-state index in [9.17, 15) is 9.59 Å². The van der Waals surface area contributed by atoms with Crippen molar-refractivity contribution in [2.24, 2.45) is 5.73 Å². The number of amides is 3. The normalized spacial score (nSPS) is 9.87. The van der Waals surface area contributed by atoms with E-state index >= 15 is 0 Å². The highest BCUT2D eigenvalue weighted by atomic mass is 16.2. The van der Waals surface area contributed by atoms with Crippen LogP contribution in [-0.4, -0.2) is 40.0 Å². The van der Waals surface area contributed by atoms with Crippen molar-refractivity contribution < 1.29 is 9.59 Å². The average Bonchev–Trinajstić information content (AvgIpc) is 2.63. The summed E-state index contributed by atoms with van der Waals surface area (Å²) in [5.41, 5.74) is 4.75. The number of nitrogens with two attached hydrogens (primary N) is 1. The molecule has 0 aliphatic carbocycles. The topological polar surface area (TPSA) is 115 Å². The Morgan fingerprint density at radius 2 is 2.27 bits per heavy atom. The van der Waals surface area contributed by atoms with Crippen molar-refractivity contribution in [2.45, 2.75) is 6.54 Å². The zero-order chi connectivity index (χ0) is 11.1. The van der Waals surface area contributed by atoms with Crippen LogP contribution in [0.25, 0.3) is 0 Å². The Labute approximate surface area is 85.8 Å². The van der Waals surface area contributed by atoms with Crippen LogP contribution in [0, 0.1) is 0 Å². The SMILES string of the molecule is NC(=O)NC(=O)CNCCn1ccnn1. The molecule has 0 unspecified atom stereocenters. The number of imide groups is 1. The van der Waals surface area contributed by atoms with Gasteiger partial charge >= 0.3 is 6.03 Å². The van der Waals surface area contributed by atoms with Crippen LogP contribution in [0.4, 0.5) is 4.79 Å². The highest BCUT2D eigenvalue weighted by Gasteiger charge is 2.02. The maximum absolute atomic E-state index is 10.9. The molecule has 3 amide bonds. The molecule has 0 aliphatic heterocycles. The number of carbonyl (C=O) groups is 2. The smallest absolute Gasteiger partial charge is 0.318 e. The minimum Gasteiger partial charge on any atom is -0.351 e. The van der Waals surface area contributed by atoms with Gasteiger partial charge < -0.3 is 11.1 Å². The van der Waals surface area contributed by atoms with Crippen LogP contribution in [0.1, 0.15) is 0 Å². The lowest BCUT2D eigenvalue weighted by molar-refractivity contribution is -0.119. The molecule has 82 valence electrons. The molecule has 0 aliphatic rings. The highest BCUT2D eigenvalue weighted by Crippen LogP contribution is 1.78. The number of urea groups is 1. The monoisotopic (exact) mass is 212 g/mol. The van der Waals surface area contributed by atoms with Gasteiger partial charge in [0.05, 0.1) is 19.3 Å². The van der Waals surface area contributed by atoms with Gasteiger partial charge in [0.15, 0.2) is 0 Å². The molecule has 8 heteroatoms. The van der Waals surface area contributed by atoms with Gasteiger partial charge in [0.2, 0.25) is 5.91 Å². The molecule has 0 atom stereocenters. The summed E-state index contributed by atoms with van der Waals surface area (Å²) < 4.78 is 1.62. The molecule has 1 aromatic heterocycles. The first kappa shape index (κ1) is 11.1. The molecule has 4 N–H and O–H groups in total. The van der Waals surface area contributed by atoms with Gasteiger partial charge in [-0.05, 0) is 0 Å². The Hall–Kier alpha value is -1.96. The second-order valence-corrected chi connectivity index (χ2v) is 2.76. The Morgan fingerprint density at radius 3 is 2.87 bits per heavy atom. The van der Waals surface area contributed by atoms with Crippen molar-refractivity contribution in [2.75, 3.05) is 13.1 Å². The van der Waals surface area contributed by atoms with Crippen molar-refractivity contribution in [3.8, 4) is 0 Å². The summed E-state index contributed by atoms with van der Waals surface area (Å²) >= 11 is 0. The van der Waals surface area contributed by atoms with Crippen LogP contribution >= 0.6 is 0 Å². The molecular weight excluding hydrogens is 200 g/mol. The number of aromatic nitrogens is 3. The third-order valence-electron chi connectivity index (χ3n) is 1.54. The number of nitrogens with one attached hydrogen (secondary N) is 2. The fourth-order valence-electron chi connectivity index (χ4n) is 0.929. The Bertz CT molecular complexity index is 322. The first-order valence-corrected chi connectivity index (χ1v) is 4.32. The van der Waals surface area contributed by atoms with E-state index in [0.717, 1.165) is 0 Å². The van der Waals surface area contributed by atoms with Crippen molar-refractivity contribution in [1.29, 1.82) is 0 Å². The molecule has 0 saturated carbocycles. The van der Waals surface area contributed by atoms with Crippen molar-refractivity contribution in [3.63, 3.8) is 0 Å². The third-order valence-corrected chi connectivity index (χ3v) is 1.54. The lowest BCUT2D eigenvalue weighted by atomic mass is 10.5. The van der Waals surface area contributed by atoms with E-state index < -0.39 is 11.9 Å². The zero-order valence-corrected chi connectivity index (χ0v) is 8.01. The molecule has 1 heterocycles. The number of primary amides is 1. The van der Waals surface area contributed by atoms with E-state index in [-0.39, 0.29) is 6.54 Å². The second kappa shape index (κ2) is 5.70. The largest absolute Gasteiger partial charge is 0.351 e. The lowest BCUT2D eigenvalue weighted by Gasteiger charge is -2.03. The van der Waals surface area contributed by atoms with Crippen LogP contribution in [0.2, 0.25) is 0 Å². The van der Waals surface area contributed by atoms with Crippen LogP contribution in [0.15, 0.2) is 12.4 Å². The van der Waals surface area contributed by atoms with Crippen molar-refractivity contribution >= 4 is 11.9 Å². The number of hydrogen-bond acceptors (Lipinski definition) is 5. The summed E-state index contributed by atoms with van der Waals surface area (Å²) in [7, 11) is 0. The minimum atomic E-state index is -0.849. The molecule has 15 heavy (non-hydrogen) atoms. The highest BCUT2D eigenvalue weighted by molar-refractivity contribution is 5.94. The lowest BCUT2D eigenvalue weighted by Crippen LogP contribution is -2.41. The molecule has 0 saturated heterocycles. The van der Waals surface area contributed by atoms with Gasteiger partial charge in [-0.1, -0.05) is 5.21 Å². The number of carbonyl (C=O) groups excluding carboxylic acids is 2. The quantitative estimate of drug-likeness (QED) is 0.491. The number of nitrogens with zero attached hydrogens (tertiary/aromatic N) is 3. The Balaban J connectivity index is 2.06. The summed E-state index contributed by atoms with van der Waals surface area (Å²) in [6.45, 7) is 1.19. The summed E-state index contributed by atoms with van der Waals surface area (Å²) in [5.74, 6) is -0.457. The van der Waals surface area contributed by atoms with Gasteiger partial charge in [-0.3, -0.25) is 14.8 Å². The molecule has 0 bridgehead atoms. The van der Waals surface area contributed by atoms with E-state index in [1.165, 1.54) is 0 Å². The summed E-state index contributed by atoms with van der Waals surface area (Å²) in [6.07, 6.45) is 3.28. The Morgan fingerprint density at radius 1 is 1.47 bits per heavy atom. The maximum Gasteiger partial charge on any atom is 0.318 e. The molecule has 0 fully saturated rings. The van der Waals surface area contributed by atoms with Gasteiger partial charge in [0.1, 0.15) is 0 Å². The van der Waals surface area contributed by atoms with E-state index in [4.69, 9.17) is 5.73 Å². The van der Waals surface area contributed by atoms with Gasteiger partial charge in [0.25, 0.3) is 0 Å². The average molecular weight is 212 g/mol. The fourth-order valence-corrected chi connectivity index (χ4v) is 0.929. The van der Waals surface area contributed by atoms with E-state index in [1.807, 2.05) is 5.32 Å². The van der Waals surface area contributed by atoms with Gasteiger partial charge in [-0.25, -0.2) is 4.79 Å². The minimum absolute atomic E-state index is 0.0393. The summed E-state index contributed by atoms with van der Waals surface area (Å²) in [6, 6.07) is -0.849. The first-order chi connectivity index (χ1) is 7.18. The molecule has 1 rings (SSSR count). The van der Waals surface area contributed by atoms with Crippen LogP contribution in [-0.2, 0) is 11.3 Å². The van der Waals surface area contributed by atoms with E-state index in [0.29, 0.717) is 13.1 Å². The molecule has 8 nitrogen and oxygen atoms in total. The van der Waals surface area contributed by atoms with Gasteiger partial charge in [-0.2, -0.15) is 0 Å². The van der Waals surface area contributed by atoms with Crippen LogP contribution in [0.5, 0.6) is 0 Å². The molecular formula is C7H12N6O2. The third kappa shape index (κ3) is 4.72. The first-order valence-electron chi connectivity index (χ1n) is 4.32. The predicted molar refractivity (Wildman–Crippen MR) is 50.6 cm³/mol. The van der Waals surface area contributed by atoms with Gasteiger partial charge in [-0.15, -0.1) is 5.10 Å². The molecule has 0 spiro atoms. The Kier molecular flexibility index (Phi) is 4.23. The summed E-state index contributed by atoms with van der Waals surface area (Å²) in [5, 5.41) is 12.1. The van der Waals surface area contributed by atoms with E-state index in [1.54, 1.807) is 17.1 Å². The molecule has 0 aromatic carbocycles. The molecule has 1 aromatic rings. The molecule has 0 radical (unpaired) electrons. The van der Waals surface area contributed by atoms with Gasteiger partial charge in [0, 0.05) is 12.7 Å². The van der Waals surface area contributed by atoms with Crippen molar-refractivity contribution in [3.05, 3.63) is 12.4 Å². The zero-order valence-electron chi connectivity index (χ0n) is 8.01. The maximum atomic E-state index is 10.9. The number of rotatable bonds is 5. The predicted octanol–water partition coefficient (Wildman–Crippen LogP) is -1.94. The van der Waals surface area contributed by atoms with Crippen LogP contribution in [0.3, 0.4) is 0 Å². The summed E-state index contributed by atoms with van der Waals surface area (Å²) in [4.78, 5) is 21.2. The van der Waals surface area contributed by atoms with Crippen LogP contribution < -0.4 is 16.4 Å².